The number of ether oxygens (including phenoxy) is 2. The number of benzene rings is 2. The molecular weight excluding hydrogens is 822 g/mol. The zero-order chi connectivity index (χ0) is 43.9. The first-order valence-corrected chi connectivity index (χ1v) is 16.6. The Morgan fingerprint density at radius 3 is 1.59 bits per heavy atom. The minimum atomic E-state index is -2.75. The summed E-state index contributed by atoms with van der Waals surface area (Å²) in [5, 5.41) is 57.9. The zero-order valence-corrected chi connectivity index (χ0v) is 30.3. The monoisotopic (exact) mass is 837 g/mol. The third-order valence-electron chi connectivity index (χ3n) is 9.49. The van der Waals surface area contributed by atoms with Crippen LogP contribution >= 0.6 is 11.6 Å². The second-order valence-corrected chi connectivity index (χ2v) is 13.1. The fraction of sp³-hybridized carbons (Fsp3) is 0.175. The van der Waals surface area contributed by atoms with E-state index >= 15 is 17.6 Å². The highest BCUT2D eigenvalue weighted by molar-refractivity contribution is 6.32. The molecule has 0 saturated heterocycles. The summed E-state index contributed by atoms with van der Waals surface area (Å²) in [4.78, 5) is 0. The Morgan fingerprint density at radius 2 is 1.14 bits per heavy atom. The topological polar surface area (TPSA) is 160 Å². The lowest BCUT2D eigenvalue weighted by Gasteiger charge is -2.29. The summed E-state index contributed by atoms with van der Waals surface area (Å²) in [5.41, 5.74) is -12.7. The summed E-state index contributed by atoms with van der Waals surface area (Å²) in [6.07, 6.45) is 4.67. The molecule has 59 heavy (non-hydrogen) atoms. The molecule has 2 aromatic rings. The van der Waals surface area contributed by atoms with E-state index in [-0.39, 0.29) is 35.4 Å². The van der Waals surface area contributed by atoms with Gasteiger partial charge in [0.1, 0.15) is 47.1 Å². The molecule has 19 heteroatoms. The fourth-order valence-electron chi connectivity index (χ4n) is 6.65. The molecule has 3 aliphatic rings. The number of rotatable bonds is 6. The molecular formula is C40H16ClF10N6O2-. The number of nitriles is 5. The summed E-state index contributed by atoms with van der Waals surface area (Å²) < 4.78 is 158. The van der Waals surface area contributed by atoms with Crippen LogP contribution < -0.4 is 0 Å². The highest BCUT2D eigenvalue weighted by atomic mass is 35.5. The Balaban J connectivity index is 1.73. The summed E-state index contributed by atoms with van der Waals surface area (Å²) in [5.74, 6) is -24.2. The lowest BCUT2D eigenvalue weighted by molar-refractivity contribution is 0.0656. The van der Waals surface area contributed by atoms with E-state index in [4.69, 9.17) is 21.1 Å². The molecule has 2 aromatic carbocycles. The Bertz CT molecular complexity index is 2740. The Labute approximate surface area is 331 Å². The number of hydrogen-bond donors (Lipinski definition) is 0. The van der Waals surface area contributed by atoms with Gasteiger partial charge in [-0.2, -0.15) is 26.3 Å². The van der Waals surface area contributed by atoms with Crippen molar-refractivity contribution in [3.63, 3.8) is 0 Å². The van der Waals surface area contributed by atoms with Gasteiger partial charge in [-0.15, -0.1) is 0 Å². The van der Waals surface area contributed by atoms with Crippen molar-refractivity contribution < 1.29 is 53.4 Å². The van der Waals surface area contributed by atoms with E-state index in [1.807, 2.05) is 0 Å². The van der Waals surface area contributed by atoms with E-state index in [2.05, 4.69) is 0 Å². The number of hydrogen-bond acceptors (Lipinski definition) is 7. The Morgan fingerprint density at radius 1 is 0.644 bits per heavy atom. The van der Waals surface area contributed by atoms with Crippen LogP contribution in [0.1, 0.15) is 44.2 Å². The lowest BCUT2D eigenvalue weighted by atomic mass is 9.83. The third-order valence-corrected chi connectivity index (χ3v) is 9.98. The number of nitrogens with zero attached hydrogens (tertiary/aromatic N) is 6. The maximum atomic E-state index is 15.3. The van der Waals surface area contributed by atoms with Crippen LogP contribution in [0.2, 0.25) is 0 Å². The van der Waals surface area contributed by atoms with Gasteiger partial charge in [0.25, 0.3) is 0 Å². The van der Waals surface area contributed by atoms with Crippen molar-refractivity contribution in [2.75, 3.05) is 0 Å². The van der Waals surface area contributed by atoms with Crippen molar-refractivity contribution in [3.8, 4) is 30.3 Å². The van der Waals surface area contributed by atoms with Crippen LogP contribution in [0.3, 0.4) is 0 Å². The normalized spacial score (nSPS) is 21.5. The molecule has 0 saturated carbocycles. The van der Waals surface area contributed by atoms with E-state index in [0.717, 1.165) is 38.2 Å². The van der Waals surface area contributed by atoms with E-state index < -0.39 is 125 Å². The number of allylic oxidation sites excluding steroid dienone is 9. The summed E-state index contributed by atoms with van der Waals surface area (Å²) in [7, 11) is 0. The quantitative estimate of drug-likeness (QED) is 0.0920. The van der Waals surface area contributed by atoms with Crippen molar-refractivity contribution >= 4 is 17.5 Å². The van der Waals surface area contributed by atoms with Gasteiger partial charge in [0.15, 0.2) is 74.8 Å². The SMILES string of the molecule is CC1(c2c(F)c(F)c(F)c(F)c2F)OC(=C(C#N)C#N)C(C#N)=C1/C=C/C1=C(Cl)C(=C/C=C2\C(C#N)=C(C(=C=[N-])C#N)OC2(C)c2c(F)c(F)c(F)c(F)c2F)/CCC1. The van der Waals surface area contributed by atoms with E-state index in [1.54, 1.807) is 12.1 Å². The Hall–Kier alpha value is -7.29. The standard InChI is InChI=1S/C40H16ClF10N6O2/c1-39(24-27(42)31(46)35(50)32(47)28(24)43)22(20(14-56)37(58-39)18(10-52)11-53)8-6-16-4-3-5-17(26(16)41)7-9-23-21(15-57)38(19(12-54)13-55)59-40(23,2)25-29(44)33(48)36(51)34(49)30(25)45/h6-9H,3-5H2,1-2H3/q-1/b8-6+,17-7+,23-9+. The van der Waals surface area contributed by atoms with E-state index in [0.29, 0.717) is 0 Å². The molecule has 296 valence electrons. The van der Waals surface area contributed by atoms with Gasteiger partial charge in [0, 0.05) is 16.2 Å². The van der Waals surface area contributed by atoms with Crippen LogP contribution in [0.25, 0.3) is 5.41 Å². The largest absolute Gasteiger partial charge is 0.762 e. The van der Waals surface area contributed by atoms with Crippen molar-refractivity contribution in [2.45, 2.75) is 44.3 Å². The van der Waals surface area contributed by atoms with Crippen molar-refractivity contribution in [3.05, 3.63) is 160 Å². The van der Waals surface area contributed by atoms with Crippen LogP contribution in [0.15, 0.2) is 85.4 Å². The second-order valence-electron chi connectivity index (χ2n) is 12.7. The molecule has 1 aliphatic carbocycles. The molecule has 2 unspecified atom stereocenters. The lowest BCUT2D eigenvalue weighted by Crippen LogP contribution is -2.29. The van der Waals surface area contributed by atoms with Crippen LogP contribution in [0, 0.1) is 115 Å². The average Bonchev–Trinajstić information content (AvgIpc) is 3.67. The van der Waals surface area contributed by atoms with E-state index in [1.165, 1.54) is 24.1 Å². The molecule has 2 atom stereocenters. The van der Waals surface area contributed by atoms with Gasteiger partial charge in [-0.05, 0) is 44.3 Å². The maximum absolute atomic E-state index is 15.3. The van der Waals surface area contributed by atoms with Crippen molar-refractivity contribution in [2.24, 2.45) is 0 Å². The van der Waals surface area contributed by atoms with Gasteiger partial charge in [-0.3, -0.25) is 0 Å². The molecule has 0 bridgehead atoms. The molecule has 2 aliphatic heterocycles. The first-order valence-electron chi connectivity index (χ1n) is 16.3. The van der Waals surface area contributed by atoms with Gasteiger partial charge < -0.3 is 14.9 Å². The molecule has 5 rings (SSSR count). The summed E-state index contributed by atoms with van der Waals surface area (Å²) >= 11 is 6.71. The molecule has 0 N–H and O–H groups in total. The highest BCUT2D eigenvalue weighted by Crippen LogP contribution is 2.51. The smallest absolute Gasteiger partial charge is 0.200 e. The minimum absolute atomic E-state index is 0.102. The van der Waals surface area contributed by atoms with Gasteiger partial charge in [-0.25, -0.2) is 49.8 Å². The molecule has 0 aromatic heterocycles. The number of halogens is 11. The summed E-state index contributed by atoms with van der Waals surface area (Å²) in [6, 6.07) is 7.48. The molecule has 0 radical (unpaired) electrons. The minimum Gasteiger partial charge on any atom is -0.762 e. The predicted octanol–water partition coefficient (Wildman–Crippen LogP) is 9.94. The highest BCUT2D eigenvalue weighted by Gasteiger charge is 2.51. The van der Waals surface area contributed by atoms with Gasteiger partial charge >= 0.3 is 0 Å². The molecule has 8 nitrogen and oxygen atoms in total. The average molecular weight is 838 g/mol. The van der Waals surface area contributed by atoms with Crippen molar-refractivity contribution in [1.82, 2.24) is 0 Å². The Kier molecular flexibility index (Phi) is 11.6. The summed E-state index contributed by atoms with van der Waals surface area (Å²) in [6.45, 7) is 1.63. The van der Waals surface area contributed by atoms with Crippen LogP contribution in [0.4, 0.5) is 43.9 Å². The first-order chi connectivity index (χ1) is 27.8. The molecule has 0 amide bonds. The fourth-order valence-corrected chi connectivity index (χ4v) is 6.96. The van der Waals surface area contributed by atoms with Gasteiger partial charge in [0.05, 0.1) is 11.1 Å². The van der Waals surface area contributed by atoms with Crippen molar-refractivity contribution in [1.29, 1.82) is 26.3 Å². The van der Waals surface area contributed by atoms with Gasteiger partial charge in [-0.1, -0.05) is 35.9 Å². The van der Waals surface area contributed by atoms with E-state index in [9.17, 15) is 58.1 Å². The first kappa shape index (κ1) is 42.8. The zero-order valence-electron chi connectivity index (χ0n) is 29.6. The molecule has 0 spiro atoms. The third kappa shape index (κ3) is 6.63. The maximum Gasteiger partial charge on any atom is 0.200 e. The van der Waals surface area contributed by atoms with Crippen LogP contribution in [-0.2, 0) is 20.7 Å². The van der Waals surface area contributed by atoms with Crippen LogP contribution in [-0.4, -0.2) is 5.87 Å². The molecule has 2 heterocycles. The predicted molar refractivity (Wildman–Crippen MR) is 182 cm³/mol. The molecule has 0 fully saturated rings. The van der Waals surface area contributed by atoms with Gasteiger partial charge in [0.2, 0.25) is 11.6 Å². The second kappa shape index (κ2) is 15.9. The van der Waals surface area contributed by atoms with Crippen LogP contribution in [0.5, 0.6) is 0 Å².